The average molecular weight is 268 g/mol. The molecular weight excluding hydrogens is 252 g/mol. The average Bonchev–Trinajstić information content (AvgIpc) is 2.45. The number of anilines is 1. The lowest BCUT2D eigenvalue weighted by Gasteiger charge is -2.08. The molecule has 1 aromatic heterocycles. The Labute approximate surface area is 118 Å². The van der Waals surface area contributed by atoms with Crippen LogP contribution in [0.3, 0.4) is 0 Å². The Kier molecular flexibility index (Phi) is 4.51. The molecule has 5 heteroatoms. The topological polar surface area (TPSA) is 70.8 Å². The highest BCUT2D eigenvalue weighted by molar-refractivity contribution is 5.36. The fourth-order valence-electron chi connectivity index (χ4n) is 1.74. The zero-order valence-electron chi connectivity index (χ0n) is 11.6. The largest absolute Gasteiger partial charge is 0.486 e. The molecule has 0 aliphatic rings. The van der Waals surface area contributed by atoms with Gasteiger partial charge in [0.1, 0.15) is 18.2 Å². The van der Waals surface area contributed by atoms with E-state index in [2.05, 4.69) is 21.4 Å². The highest BCUT2D eigenvalue weighted by Crippen LogP contribution is 2.13. The highest BCUT2D eigenvalue weighted by atomic mass is 16.5. The molecule has 0 radical (unpaired) electrons. The minimum absolute atomic E-state index is 0.298. The fourth-order valence-corrected chi connectivity index (χ4v) is 1.74. The lowest BCUT2D eigenvalue weighted by molar-refractivity contribution is 0.295. The van der Waals surface area contributed by atoms with Crippen molar-refractivity contribution < 1.29 is 4.74 Å². The number of nitrogens with one attached hydrogen (secondary N) is 1. The van der Waals surface area contributed by atoms with Gasteiger partial charge in [-0.1, -0.05) is 0 Å². The van der Waals surface area contributed by atoms with Crippen LogP contribution in [-0.4, -0.2) is 16.5 Å². The molecule has 0 spiro atoms. The normalized spacial score (nSPS) is 9.85. The van der Waals surface area contributed by atoms with Crippen molar-refractivity contribution in [1.82, 2.24) is 9.97 Å². The first-order valence-corrected chi connectivity index (χ1v) is 6.42. The number of aromatic nitrogens is 2. The number of benzene rings is 1. The number of nitrogens with zero attached hydrogens (tertiary/aromatic N) is 3. The molecule has 5 nitrogen and oxygen atoms in total. The summed E-state index contributed by atoms with van der Waals surface area (Å²) in [6.07, 6.45) is 0. The summed E-state index contributed by atoms with van der Waals surface area (Å²) < 4.78 is 5.62. The van der Waals surface area contributed by atoms with Crippen molar-refractivity contribution in [1.29, 1.82) is 5.26 Å². The van der Waals surface area contributed by atoms with E-state index in [1.807, 2.05) is 19.9 Å². The van der Waals surface area contributed by atoms with Gasteiger partial charge in [0.15, 0.2) is 5.82 Å². The van der Waals surface area contributed by atoms with Gasteiger partial charge in [-0.25, -0.2) is 9.97 Å². The molecule has 0 saturated heterocycles. The van der Waals surface area contributed by atoms with Crippen LogP contribution in [0.2, 0.25) is 0 Å². The molecule has 0 amide bonds. The molecular formula is C15H16N4O. The Morgan fingerprint density at radius 3 is 2.65 bits per heavy atom. The number of nitriles is 1. The second-order valence-electron chi connectivity index (χ2n) is 4.27. The number of rotatable bonds is 5. The van der Waals surface area contributed by atoms with E-state index in [0.717, 1.165) is 18.1 Å². The Bertz CT molecular complexity index is 617. The first kappa shape index (κ1) is 13.8. The van der Waals surface area contributed by atoms with Gasteiger partial charge in [-0.05, 0) is 38.1 Å². The van der Waals surface area contributed by atoms with E-state index >= 15 is 0 Å². The lowest BCUT2D eigenvalue weighted by Crippen LogP contribution is -2.07. The van der Waals surface area contributed by atoms with E-state index in [-0.39, 0.29) is 0 Å². The summed E-state index contributed by atoms with van der Waals surface area (Å²) in [7, 11) is 0. The van der Waals surface area contributed by atoms with E-state index < -0.39 is 0 Å². The van der Waals surface area contributed by atoms with Crippen molar-refractivity contribution >= 4 is 5.82 Å². The van der Waals surface area contributed by atoms with Gasteiger partial charge in [0.05, 0.1) is 11.6 Å². The Balaban J connectivity index is 2.04. The molecule has 0 aliphatic carbocycles. The maximum atomic E-state index is 8.73. The zero-order chi connectivity index (χ0) is 14.4. The number of hydrogen-bond donors (Lipinski definition) is 1. The predicted octanol–water partition coefficient (Wildman–Crippen LogP) is 2.67. The summed E-state index contributed by atoms with van der Waals surface area (Å²) in [5, 5.41) is 11.9. The van der Waals surface area contributed by atoms with Crippen LogP contribution in [0.1, 0.15) is 24.0 Å². The Morgan fingerprint density at radius 1 is 1.25 bits per heavy atom. The lowest BCUT2D eigenvalue weighted by atomic mass is 10.2. The van der Waals surface area contributed by atoms with Gasteiger partial charge in [-0.3, -0.25) is 0 Å². The molecule has 0 saturated carbocycles. The van der Waals surface area contributed by atoms with Crippen LogP contribution >= 0.6 is 0 Å². The van der Waals surface area contributed by atoms with Crippen molar-refractivity contribution in [2.75, 3.05) is 11.9 Å². The van der Waals surface area contributed by atoms with Gasteiger partial charge >= 0.3 is 0 Å². The van der Waals surface area contributed by atoms with Gasteiger partial charge in [-0.2, -0.15) is 5.26 Å². The fraction of sp³-hybridized carbons (Fsp3) is 0.267. The molecule has 0 unspecified atom stereocenters. The Morgan fingerprint density at radius 2 is 2.00 bits per heavy atom. The predicted molar refractivity (Wildman–Crippen MR) is 76.4 cm³/mol. The van der Waals surface area contributed by atoms with E-state index in [9.17, 15) is 0 Å². The number of hydrogen-bond acceptors (Lipinski definition) is 5. The molecule has 0 bridgehead atoms. The molecule has 1 N–H and O–H groups in total. The van der Waals surface area contributed by atoms with Crippen LogP contribution in [0, 0.1) is 18.3 Å². The first-order chi connectivity index (χ1) is 9.71. The van der Waals surface area contributed by atoms with Crippen molar-refractivity contribution in [3.8, 4) is 11.8 Å². The monoisotopic (exact) mass is 268 g/mol. The zero-order valence-corrected chi connectivity index (χ0v) is 11.6. The molecule has 1 heterocycles. The molecule has 2 rings (SSSR count). The summed E-state index contributed by atoms with van der Waals surface area (Å²) >= 11 is 0. The minimum Gasteiger partial charge on any atom is -0.486 e. The molecule has 0 aliphatic heterocycles. The Hall–Kier alpha value is -2.61. The van der Waals surface area contributed by atoms with Crippen LogP contribution < -0.4 is 10.1 Å². The third kappa shape index (κ3) is 3.69. The molecule has 1 aromatic carbocycles. The van der Waals surface area contributed by atoms with Crippen molar-refractivity contribution in [3.05, 3.63) is 47.4 Å². The summed E-state index contributed by atoms with van der Waals surface area (Å²) in [5.41, 5.74) is 1.51. The van der Waals surface area contributed by atoms with Crippen LogP contribution in [0.15, 0.2) is 30.3 Å². The third-order valence-electron chi connectivity index (χ3n) is 2.61. The highest BCUT2D eigenvalue weighted by Gasteiger charge is 2.03. The van der Waals surface area contributed by atoms with Crippen LogP contribution in [0.5, 0.6) is 5.75 Å². The van der Waals surface area contributed by atoms with Gasteiger partial charge in [0, 0.05) is 18.3 Å². The smallest absolute Gasteiger partial charge is 0.168 e. The summed E-state index contributed by atoms with van der Waals surface area (Å²) in [4.78, 5) is 8.71. The third-order valence-corrected chi connectivity index (χ3v) is 2.61. The molecule has 0 atom stereocenters. The maximum Gasteiger partial charge on any atom is 0.168 e. The quantitative estimate of drug-likeness (QED) is 0.902. The van der Waals surface area contributed by atoms with E-state index in [0.29, 0.717) is 23.7 Å². The maximum absolute atomic E-state index is 8.73. The van der Waals surface area contributed by atoms with Crippen molar-refractivity contribution in [2.24, 2.45) is 0 Å². The minimum atomic E-state index is 0.298. The summed E-state index contributed by atoms with van der Waals surface area (Å²) in [6, 6.07) is 10.9. The van der Waals surface area contributed by atoms with Crippen LogP contribution in [-0.2, 0) is 6.61 Å². The van der Waals surface area contributed by atoms with Gasteiger partial charge in [0.2, 0.25) is 0 Å². The summed E-state index contributed by atoms with van der Waals surface area (Å²) in [6.45, 7) is 5.05. The molecule has 102 valence electrons. The van der Waals surface area contributed by atoms with Crippen LogP contribution in [0.4, 0.5) is 5.82 Å². The molecule has 2 aromatic rings. The molecule has 20 heavy (non-hydrogen) atoms. The van der Waals surface area contributed by atoms with Gasteiger partial charge in [0.25, 0.3) is 0 Å². The van der Waals surface area contributed by atoms with E-state index in [1.165, 1.54) is 0 Å². The van der Waals surface area contributed by atoms with Crippen molar-refractivity contribution in [3.63, 3.8) is 0 Å². The SMILES string of the molecule is CCNc1cc(C)nc(COc2ccc(C#N)cc2)n1. The summed E-state index contributed by atoms with van der Waals surface area (Å²) in [5.74, 6) is 2.13. The van der Waals surface area contributed by atoms with Gasteiger partial charge in [-0.15, -0.1) is 0 Å². The van der Waals surface area contributed by atoms with E-state index in [1.54, 1.807) is 24.3 Å². The first-order valence-electron chi connectivity index (χ1n) is 6.42. The van der Waals surface area contributed by atoms with Crippen LogP contribution in [0.25, 0.3) is 0 Å². The second kappa shape index (κ2) is 6.53. The van der Waals surface area contributed by atoms with Gasteiger partial charge < -0.3 is 10.1 Å². The second-order valence-corrected chi connectivity index (χ2v) is 4.27. The molecule has 0 fully saturated rings. The standard InChI is InChI=1S/C15H16N4O/c1-3-17-14-8-11(2)18-15(19-14)10-20-13-6-4-12(9-16)5-7-13/h4-8H,3,10H2,1-2H3,(H,17,18,19). The number of aryl methyl sites for hydroxylation is 1. The van der Waals surface area contributed by atoms with E-state index in [4.69, 9.17) is 10.00 Å². The van der Waals surface area contributed by atoms with Crippen molar-refractivity contribution in [2.45, 2.75) is 20.5 Å². The number of ether oxygens (including phenoxy) is 1.